The first-order valence-electron chi connectivity index (χ1n) is 3.44. The number of methoxy groups -OCH3 is 1. The largest absolute Gasteiger partial charge is 0.384 e. The molecule has 64 valence electrons. The number of hydrogen-bond acceptors (Lipinski definition) is 3. The van der Waals surface area contributed by atoms with E-state index in [1.807, 2.05) is 0 Å². The van der Waals surface area contributed by atoms with Crippen molar-refractivity contribution >= 4 is 12.2 Å². The van der Waals surface area contributed by atoms with E-state index < -0.39 is 6.04 Å². The molecule has 0 aliphatic rings. The van der Waals surface area contributed by atoms with Crippen LogP contribution in [0, 0.1) is 0 Å². The van der Waals surface area contributed by atoms with Crippen LogP contribution in [-0.4, -0.2) is 32.0 Å². The van der Waals surface area contributed by atoms with Crippen molar-refractivity contribution in [3.63, 3.8) is 0 Å². The van der Waals surface area contributed by atoms with E-state index in [0.29, 0.717) is 19.3 Å². The molecule has 0 fully saturated rings. The van der Waals surface area contributed by atoms with Gasteiger partial charge in [0.15, 0.2) is 0 Å². The first-order chi connectivity index (χ1) is 5.20. The average Bonchev–Trinajstić information content (AvgIpc) is 2.00. The molecule has 0 unspecified atom stereocenters. The van der Waals surface area contributed by atoms with E-state index in [0.717, 1.165) is 0 Å². The summed E-state index contributed by atoms with van der Waals surface area (Å²) in [6.07, 6.45) is 0.985. The van der Waals surface area contributed by atoms with Crippen LogP contribution in [0.25, 0.3) is 0 Å². The van der Waals surface area contributed by atoms with E-state index in [1.54, 1.807) is 6.92 Å². The van der Waals surface area contributed by atoms with Crippen LogP contribution in [0.5, 0.6) is 0 Å². The van der Waals surface area contributed by atoms with Crippen LogP contribution < -0.4 is 5.32 Å². The van der Waals surface area contributed by atoms with Crippen molar-refractivity contribution in [2.24, 2.45) is 0 Å². The Hall–Kier alpha value is -0.900. The fourth-order valence-corrected chi connectivity index (χ4v) is 0.555. The number of amides is 1. The number of ether oxygens (including phenoxy) is 1. The molecule has 1 atom stereocenters. The number of nitrogens with one attached hydrogen (secondary N) is 1. The smallest absolute Gasteiger partial charge is 0.222 e. The van der Waals surface area contributed by atoms with Crippen LogP contribution >= 0.6 is 0 Å². The number of aldehydes is 1. The van der Waals surface area contributed by atoms with Gasteiger partial charge in [-0.05, 0) is 6.92 Å². The minimum atomic E-state index is -0.403. The number of carbonyl (C=O) groups is 2. The zero-order valence-corrected chi connectivity index (χ0v) is 6.79. The normalized spacial score (nSPS) is 12.2. The van der Waals surface area contributed by atoms with Gasteiger partial charge in [0.25, 0.3) is 0 Å². The third kappa shape index (κ3) is 5.54. The van der Waals surface area contributed by atoms with Gasteiger partial charge >= 0.3 is 0 Å². The van der Waals surface area contributed by atoms with Crippen molar-refractivity contribution in [3.8, 4) is 0 Å². The van der Waals surface area contributed by atoms with Crippen LogP contribution in [-0.2, 0) is 14.3 Å². The summed E-state index contributed by atoms with van der Waals surface area (Å²) in [5.74, 6) is -0.161. The SMILES string of the molecule is COCCC(=O)N[C@@H](C)C=O. The standard InChI is InChI=1S/C7H13NO3/c1-6(5-9)8-7(10)3-4-11-2/h5-6H,3-4H2,1-2H3,(H,8,10)/t6-/m0/s1. The average molecular weight is 159 g/mol. The van der Waals surface area contributed by atoms with Gasteiger partial charge in [0.05, 0.1) is 12.6 Å². The Morgan fingerprint density at radius 1 is 1.73 bits per heavy atom. The van der Waals surface area contributed by atoms with E-state index in [9.17, 15) is 9.59 Å². The molecule has 11 heavy (non-hydrogen) atoms. The predicted molar refractivity (Wildman–Crippen MR) is 40.2 cm³/mol. The molecule has 0 aromatic rings. The highest BCUT2D eigenvalue weighted by molar-refractivity contribution is 5.79. The molecule has 0 rings (SSSR count). The molecule has 0 bridgehead atoms. The fourth-order valence-electron chi connectivity index (χ4n) is 0.555. The predicted octanol–water partition coefficient (Wildman–Crippen LogP) is -0.274. The molecule has 0 aromatic heterocycles. The van der Waals surface area contributed by atoms with Crippen molar-refractivity contribution in [1.29, 1.82) is 0 Å². The van der Waals surface area contributed by atoms with E-state index >= 15 is 0 Å². The second kappa shape index (κ2) is 5.85. The van der Waals surface area contributed by atoms with E-state index in [4.69, 9.17) is 0 Å². The number of rotatable bonds is 5. The Kier molecular flexibility index (Phi) is 5.37. The van der Waals surface area contributed by atoms with Gasteiger partial charge in [-0.3, -0.25) is 4.79 Å². The highest BCUT2D eigenvalue weighted by Crippen LogP contribution is 1.82. The maximum atomic E-state index is 10.8. The fraction of sp³-hybridized carbons (Fsp3) is 0.714. The van der Waals surface area contributed by atoms with Gasteiger partial charge in [-0.2, -0.15) is 0 Å². The minimum absolute atomic E-state index is 0.161. The van der Waals surface area contributed by atoms with Gasteiger partial charge in [0.1, 0.15) is 6.29 Å². The second-order valence-electron chi connectivity index (χ2n) is 2.24. The molecule has 0 saturated heterocycles. The molecule has 0 spiro atoms. The van der Waals surface area contributed by atoms with Crippen molar-refractivity contribution in [2.75, 3.05) is 13.7 Å². The van der Waals surface area contributed by atoms with E-state index in [1.165, 1.54) is 7.11 Å². The number of hydrogen-bond donors (Lipinski definition) is 1. The first kappa shape index (κ1) is 10.1. The molecule has 4 nitrogen and oxygen atoms in total. The molecule has 0 aliphatic carbocycles. The molecule has 0 saturated carbocycles. The van der Waals surface area contributed by atoms with Crippen LogP contribution in [0.2, 0.25) is 0 Å². The van der Waals surface area contributed by atoms with Crippen molar-refractivity contribution < 1.29 is 14.3 Å². The van der Waals surface area contributed by atoms with E-state index in [2.05, 4.69) is 10.1 Å². The first-order valence-corrected chi connectivity index (χ1v) is 3.44. The Morgan fingerprint density at radius 2 is 2.36 bits per heavy atom. The summed E-state index contributed by atoms with van der Waals surface area (Å²) in [5.41, 5.74) is 0. The maximum absolute atomic E-state index is 10.8. The molecular weight excluding hydrogens is 146 g/mol. The lowest BCUT2D eigenvalue weighted by Gasteiger charge is -2.05. The molecular formula is C7H13NO3. The highest BCUT2D eigenvalue weighted by Gasteiger charge is 2.04. The number of carbonyl (C=O) groups excluding carboxylic acids is 2. The topological polar surface area (TPSA) is 55.4 Å². The third-order valence-corrected chi connectivity index (χ3v) is 1.13. The maximum Gasteiger partial charge on any atom is 0.222 e. The van der Waals surface area contributed by atoms with Crippen molar-refractivity contribution in [3.05, 3.63) is 0 Å². The summed E-state index contributed by atoms with van der Waals surface area (Å²) >= 11 is 0. The van der Waals surface area contributed by atoms with Gasteiger partial charge in [-0.25, -0.2) is 0 Å². The molecule has 1 N–H and O–H groups in total. The monoisotopic (exact) mass is 159 g/mol. The zero-order valence-electron chi connectivity index (χ0n) is 6.79. The lowest BCUT2D eigenvalue weighted by molar-refractivity contribution is -0.124. The van der Waals surface area contributed by atoms with Crippen LogP contribution in [0.3, 0.4) is 0 Å². The molecule has 0 aliphatic heterocycles. The molecule has 4 heteroatoms. The minimum Gasteiger partial charge on any atom is -0.384 e. The summed E-state index contributed by atoms with van der Waals surface area (Å²) in [6, 6.07) is -0.403. The van der Waals surface area contributed by atoms with Gasteiger partial charge in [-0.1, -0.05) is 0 Å². The summed E-state index contributed by atoms with van der Waals surface area (Å²) in [6.45, 7) is 2.01. The molecule has 1 amide bonds. The molecule has 0 radical (unpaired) electrons. The second-order valence-corrected chi connectivity index (χ2v) is 2.24. The summed E-state index contributed by atoms with van der Waals surface area (Å²) in [5, 5.41) is 2.48. The van der Waals surface area contributed by atoms with Crippen LogP contribution in [0.15, 0.2) is 0 Å². The van der Waals surface area contributed by atoms with Gasteiger partial charge < -0.3 is 14.8 Å². The quantitative estimate of drug-likeness (QED) is 0.561. The van der Waals surface area contributed by atoms with Gasteiger partial charge in [0, 0.05) is 13.5 Å². The zero-order chi connectivity index (χ0) is 8.69. The van der Waals surface area contributed by atoms with Crippen molar-refractivity contribution in [1.82, 2.24) is 5.32 Å². The Balaban J connectivity index is 3.43. The van der Waals surface area contributed by atoms with E-state index in [-0.39, 0.29) is 5.91 Å². The Bertz CT molecular complexity index is 136. The third-order valence-electron chi connectivity index (χ3n) is 1.13. The summed E-state index contributed by atoms with van der Waals surface area (Å²) in [4.78, 5) is 20.9. The lowest BCUT2D eigenvalue weighted by atomic mass is 10.3. The van der Waals surface area contributed by atoms with Crippen LogP contribution in [0.1, 0.15) is 13.3 Å². The van der Waals surface area contributed by atoms with Gasteiger partial charge in [0.2, 0.25) is 5.91 Å². The Morgan fingerprint density at radius 3 is 2.82 bits per heavy atom. The molecule has 0 heterocycles. The summed E-state index contributed by atoms with van der Waals surface area (Å²) in [7, 11) is 1.52. The molecule has 0 aromatic carbocycles. The highest BCUT2D eigenvalue weighted by atomic mass is 16.5. The van der Waals surface area contributed by atoms with Crippen molar-refractivity contribution in [2.45, 2.75) is 19.4 Å². The summed E-state index contributed by atoms with van der Waals surface area (Å²) < 4.78 is 4.68. The van der Waals surface area contributed by atoms with Crippen LogP contribution in [0.4, 0.5) is 0 Å². The Labute approximate surface area is 65.9 Å². The van der Waals surface area contributed by atoms with Gasteiger partial charge in [-0.15, -0.1) is 0 Å². The lowest BCUT2D eigenvalue weighted by Crippen LogP contribution is -2.33.